The predicted molar refractivity (Wildman–Crippen MR) is 139 cm³/mol. The molecule has 2 heterocycles. The van der Waals surface area contributed by atoms with Gasteiger partial charge in [0.1, 0.15) is 0 Å². The van der Waals surface area contributed by atoms with Gasteiger partial charge >= 0.3 is 0 Å². The van der Waals surface area contributed by atoms with Crippen LogP contribution in [0.25, 0.3) is 10.8 Å². The zero-order valence-corrected chi connectivity index (χ0v) is 21.3. The summed E-state index contributed by atoms with van der Waals surface area (Å²) in [6, 6.07) is 15.9. The van der Waals surface area contributed by atoms with Crippen molar-refractivity contribution < 1.29 is 9.53 Å². The van der Waals surface area contributed by atoms with E-state index in [-0.39, 0.29) is 5.91 Å². The maximum Gasteiger partial charge on any atom is 0.222 e. The van der Waals surface area contributed by atoms with Gasteiger partial charge in [0.15, 0.2) is 0 Å². The normalized spacial score (nSPS) is 22.4. The molecule has 2 aliphatic rings. The van der Waals surface area contributed by atoms with Gasteiger partial charge < -0.3 is 14.5 Å². The SMILES string of the molecule is CN(C)CCN(C)C(=O)CC[C@H]1CN(Cc2cccc3ccccc23)CC[C@H]1N1CCOCC1. The molecule has 186 valence electrons. The smallest absolute Gasteiger partial charge is 0.222 e. The van der Waals surface area contributed by atoms with Crippen LogP contribution in [-0.2, 0) is 16.1 Å². The Bertz CT molecular complexity index is 922. The topological polar surface area (TPSA) is 39.3 Å². The van der Waals surface area contributed by atoms with Crippen LogP contribution >= 0.6 is 0 Å². The van der Waals surface area contributed by atoms with Crippen molar-refractivity contribution in [1.82, 2.24) is 19.6 Å². The lowest BCUT2D eigenvalue weighted by Crippen LogP contribution is -2.54. The number of hydrogen-bond acceptors (Lipinski definition) is 5. The fraction of sp³-hybridized carbons (Fsp3) is 0.607. The summed E-state index contributed by atoms with van der Waals surface area (Å²) in [6.45, 7) is 8.52. The molecule has 1 amide bonds. The van der Waals surface area contributed by atoms with Gasteiger partial charge in [0.05, 0.1) is 13.2 Å². The number of nitrogens with zero attached hydrogens (tertiary/aromatic N) is 4. The van der Waals surface area contributed by atoms with Gasteiger partial charge in [-0.1, -0.05) is 42.5 Å². The first-order valence-corrected chi connectivity index (χ1v) is 12.9. The number of hydrogen-bond donors (Lipinski definition) is 0. The first-order valence-electron chi connectivity index (χ1n) is 12.9. The first kappa shape index (κ1) is 25.1. The van der Waals surface area contributed by atoms with Crippen molar-refractivity contribution in [2.75, 3.05) is 73.6 Å². The molecule has 4 rings (SSSR count). The fourth-order valence-electron chi connectivity index (χ4n) is 5.56. The highest BCUT2D eigenvalue weighted by atomic mass is 16.5. The highest BCUT2D eigenvalue weighted by Gasteiger charge is 2.34. The number of carbonyl (C=O) groups is 1. The van der Waals surface area contributed by atoms with Crippen molar-refractivity contribution in [3.05, 3.63) is 48.0 Å². The van der Waals surface area contributed by atoms with Gasteiger partial charge in [-0.25, -0.2) is 0 Å². The second-order valence-electron chi connectivity index (χ2n) is 10.3. The Balaban J connectivity index is 1.42. The number of morpholine rings is 1. The van der Waals surface area contributed by atoms with Crippen LogP contribution in [0.15, 0.2) is 42.5 Å². The maximum absolute atomic E-state index is 12.9. The van der Waals surface area contributed by atoms with Crippen LogP contribution in [0.3, 0.4) is 0 Å². The average molecular weight is 467 g/mol. The third-order valence-corrected chi connectivity index (χ3v) is 7.60. The quantitative estimate of drug-likeness (QED) is 0.568. The molecule has 0 N–H and O–H groups in total. The van der Waals surface area contributed by atoms with Crippen molar-refractivity contribution in [2.45, 2.75) is 31.8 Å². The number of amides is 1. The fourth-order valence-corrected chi connectivity index (χ4v) is 5.56. The molecule has 2 aromatic rings. The summed E-state index contributed by atoms with van der Waals surface area (Å²) < 4.78 is 5.63. The molecule has 2 saturated heterocycles. The molecule has 0 aromatic heterocycles. The van der Waals surface area contributed by atoms with Crippen LogP contribution in [0.5, 0.6) is 0 Å². The lowest BCUT2D eigenvalue weighted by molar-refractivity contribution is -0.130. The summed E-state index contributed by atoms with van der Waals surface area (Å²) in [5, 5.41) is 2.67. The van der Waals surface area contributed by atoms with Gasteiger partial charge in [-0.15, -0.1) is 0 Å². The van der Waals surface area contributed by atoms with Gasteiger partial charge in [-0.05, 0) is 55.7 Å². The molecule has 2 fully saturated rings. The lowest BCUT2D eigenvalue weighted by atomic mass is 9.86. The molecule has 0 aliphatic carbocycles. The second kappa shape index (κ2) is 12.1. The van der Waals surface area contributed by atoms with Crippen LogP contribution in [0.4, 0.5) is 0 Å². The average Bonchev–Trinajstić information content (AvgIpc) is 2.86. The van der Waals surface area contributed by atoms with E-state index in [1.54, 1.807) is 0 Å². The molecule has 6 heteroatoms. The first-order chi connectivity index (χ1) is 16.5. The summed E-state index contributed by atoms with van der Waals surface area (Å²) in [7, 11) is 6.05. The number of piperidine rings is 1. The van der Waals surface area contributed by atoms with Crippen molar-refractivity contribution in [1.29, 1.82) is 0 Å². The van der Waals surface area contributed by atoms with Gasteiger partial charge in [0.25, 0.3) is 0 Å². The Morgan fingerprint density at radius 2 is 1.76 bits per heavy atom. The van der Waals surface area contributed by atoms with Crippen molar-refractivity contribution in [3.63, 3.8) is 0 Å². The molecule has 2 aliphatic heterocycles. The number of fused-ring (bicyclic) bond motifs is 1. The number of likely N-dealkylation sites (N-methyl/N-ethyl adjacent to an activating group) is 2. The Hall–Kier alpha value is -1.99. The lowest BCUT2D eigenvalue weighted by Gasteiger charge is -2.45. The molecule has 0 spiro atoms. The summed E-state index contributed by atoms with van der Waals surface area (Å²) in [6.07, 6.45) is 2.76. The minimum absolute atomic E-state index is 0.272. The van der Waals surface area contributed by atoms with E-state index >= 15 is 0 Å². The Labute approximate surface area is 205 Å². The van der Waals surface area contributed by atoms with E-state index in [1.807, 2.05) is 11.9 Å². The summed E-state index contributed by atoms with van der Waals surface area (Å²) in [4.78, 5) is 22.1. The van der Waals surface area contributed by atoms with E-state index in [1.165, 1.54) is 22.8 Å². The number of benzene rings is 2. The van der Waals surface area contributed by atoms with Gasteiger partial charge in [0.2, 0.25) is 5.91 Å². The van der Waals surface area contributed by atoms with Crippen LogP contribution in [0, 0.1) is 5.92 Å². The molecule has 6 nitrogen and oxygen atoms in total. The van der Waals surface area contributed by atoms with Crippen LogP contribution in [-0.4, -0.2) is 105 Å². The highest BCUT2D eigenvalue weighted by Crippen LogP contribution is 2.29. The molecule has 2 atom stereocenters. The molecule has 0 saturated carbocycles. The zero-order valence-electron chi connectivity index (χ0n) is 21.3. The summed E-state index contributed by atoms with van der Waals surface area (Å²) >= 11 is 0. The minimum Gasteiger partial charge on any atom is -0.379 e. The van der Waals surface area contributed by atoms with Crippen molar-refractivity contribution in [3.8, 4) is 0 Å². The molecular formula is C28H42N4O2. The molecular weight excluding hydrogens is 424 g/mol. The standard InChI is InChI=1S/C28H42N4O2/c1-29(2)15-16-30(3)28(33)12-11-25-22-31(14-13-27(25)32-17-19-34-20-18-32)21-24-9-6-8-23-7-4-5-10-26(23)24/h4-10,25,27H,11-22H2,1-3H3/t25-,27+/m0/s1. The Morgan fingerprint density at radius 3 is 2.56 bits per heavy atom. The molecule has 2 aromatic carbocycles. The number of likely N-dealkylation sites (tertiary alicyclic amines) is 1. The minimum atomic E-state index is 0.272. The number of ether oxygens (including phenoxy) is 1. The van der Waals surface area contributed by atoms with Crippen molar-refractivity contribution in [2.24, 2.45) is 5.92 Å². The number of carbonyl (C=O) groups excluding carboxylic acids is 1. The molecule has 0 unspecified atom stereocenters. The van der Waals surface area contributed by atoms with Gasteiger partial charge in [0, 0.05) is 58.8 Å². The predicted octanol–water partition coefficient (Wildman–Crippen LogP) is 3.16. The highest BCUT2D eigenvalue weighted by molar-refractivity contribution is 5.85. The van der Waals surface area contributed by atoms with Gasteiger partial charge in [-0.2, -0.15) is 0 Å². The van der Waals surface area contributed by atoms with E-state index in [9.17, 15) is 4.79 Å². The number of rotatable bonds is 9. The maximum atomic E-state index is 12.9. The molecule has 0 bridgehead atoms. The largest absolute Gasteiger partial charge is 0.379 e. The second-order valence-corrected chi connectivity index (χ2v) is 10.3. The van der Waals surface area contributed by atoms with Gasteiger partial charge in [-0.3, -0.25) is 14.6 Å². The van der Waals surface area contributed by atoms with Crippen LogP contribution in [0.2, 0.25) is 0 Å². The summed E-state index contributed by atoms with van der Waals surface area (Å²) in [5.74, 6) is 0.779. The summed E-state index contributed by atoms with van der Waals surface area (Å²) in [5.41, 5.74) is 1.40. The van der Waals surface area contributed by atoms with Crippen LogP contribution < -0.4 is 0 Å². The van der Waals surface area contributed by atoms with Crippen molar-refractivity contribution >= 4 is 16.7 Å². The third-order valence-electron chi connectivity index (χ3n) is 7.60. The zero-order chi connectivity index (χ0) is 23.9. The monoisotopic (exact) mass is 466 g/mol. The molecule has 34 heavy (non-hydrogen) atoms. The van der Waals surface area contributed by atoms with E-state index in [4.69, 9.17) is 4.74 Å². The third kappa shape index (κ3) is 6.57. The van der Waals surface area contributed by atoms with E-state index in [2.05, 4.69) is 71.3 Å². The Kier molecular flexibility index (Phi) is 8.95. The Morgan fingerprint density at radius 1 is 1.00 bits per heavy atom. The van der Waals surface area contributed by atoms with E-state index < -0.39 is 0 Å². The van der Waals surface area contributed by atoms with Crippen LogP contribution in [0.1, 0.15) is 24.8 Å². The van der Waals surface area contributed by atoms with E-state index in [0.717, 1.165) is 65.4 Å². The molecule has 0 radical (unpaired) electrons. The van der Waals surface area contributed by atoms with E-state index in [0.29, 0.717) is 18.4 Å².